The maximum absolute atomic E-state index is 12.8. The molecule has 282 valence electrons. The van der Waals surface area contributed by atoms with Crippen molar-refractivity contribution in [3.8, 4) is 0 Å². The standard InChI is InChI=1S/C34H64NO12P/c1-3-5-7-9-11-13-14-16-18-20-22-27(37)26(35-28(38)23-25(36)21-19-17-15-12-10-8-6-4-2)24-46-48(44,45)47-34-32(42)30(40)29(39)31(41)33(34)43/h10,12,20,22,25-27,29-34,36-37,39-43H,3-9,11,13-19,21,23-24H2,1-2H3,(H,35,38)(H,44,45)/b12-10-,22-20+. The second-order valence-electron chi connectivity index (χ2n) is 12.9. The van der Waals surface area contributed by atoms with Crippen LogP contribution in [0.5, 0.6) is 0 Å². The van der Waals surface area contributed by atoms with E-state index in [0.29, 0.717) is 19.3 Å². The zero-order valence-corrected chi connectivity index (χ0v) is 29.8. The minimum atomic E-state index is -5.12. The number of carbonyl (C=O) groups excluding carboxylic acids is 1. The lowest BCUT2D eigenvalue weighted by atomic mass is 9.85. The maximum atomic E-state index is 12.8. The van der Waals surface area contributed by atoms with Crippen molar-refractivity contribution in [2.75, 3.05) is 6.61 Å². The average Bonchev–Trinajstić information content (AvgIpc) is 3.05. The van der Waals surface area contributed by atoms with Crippen LogP contribution in [0.2, 0.25) is 0 Å². The van der Waals surface area contributed by atoms with Gasteiger partial charge in [-0.1, -0.05) is 102 Å². The predicted octanol–water partition coefficient (Wildman–Crippen LogP) is 3.30. The van der Waals surface area contributed by atoms with Crippen LogP contribution >= 0.6 is 7.82 Å². The lowest BCUT2D eigenvalue weighted by molar-refractivity contribution is -0.220. The fraction of sp³-hybridized carbons (Fsp3) is 0.853. The quantitative estimate of drug-likeness (QED) is 0.0340. The fourth-order valence-electron chi connectivity index (χ4n) is 5.45. The van der Waals surface area contributed by atoms with E-state index in [1.165, 1.54) is 38.2 Å². The molecule has 0 bridgehead atoms. The van der Waals surface area contributed by atoms with Crippen molar-refractivity contribution in [2.24, 2.45) is 0 Å². The van der Waals surface area contributed by atoms with Crippen molar-refractivity contribution in [1.82, 2.24) is 5.32 Å². The highest BCUT2D eigenvalue weighted by molar-refractivity contribution is 7.47. The van der Waals surface area contributed by atoms with E-state index in [0.717, 1.165) is 51.4 Å². The van der Waals surface area contributed by atoms with Crippen LogP contribution in [0.1, 0.15) is 123 Å². The number of nitrogens with one attached hydrogen (secondary N) is 1. The highest BCUT2D eigenvalue weighted by Crippen LogP contribution is 2.47. The van der Waals surface area contributed by atoms with Gasteiger partial charge in [0, 0.05) is 0 Å². The van der Waals surface area contributed by atoms with Gasteiger partial charge in [0.05, 0.1) is 31.3 Å². The summed E-state index contributed by atoms with van der Waals surface area (Å²) >= 11 is 0. The fourth-order valence-corrected chi connectivity index (χ4v) is 6.42. The topological polar surface area (TPSA) is 226 Å². The first-order valence-electron chi connectivity index (χ1n) is 17.9. The summed E-state index contributed by atoms with van der Waals surface area (Å²) in [6, 6.07) is -1.24. The van der Waals surface area contributed by atoms with Gasteiger partial charge in [0.15, 0.2) is 0 Å². The highest BCUT2D eigenvalue weighted by atomic mass is 31.2. The van der Waals surface area contributed by atoms with Crippen molar-refractivity contribution >= 4 is 13.7 Å². The van der Waals surface area contributed by atoms with E-state index in [1.807, 2.05) is 0 Å². The number of aliphatic hydroxyl groups excluding tert-OH is 7. The Morgan fingerprint density at radius 3 is 1.83 bits per heavy atom. The molecule has 0 aromatic rings. The summed E-state index contributed by atoms with van der Waals surface area (Å²) in [7, 11) is -5.12. The largest absolute Gasteiger partial charge is 0.472 e. The Bertz CT molecular complexity index is 937. The molecule has 8 unspecified atom stereocenters. The van der Waals surface area contributed by atoms with Crippen LogP contribution in [0.15, 0.2) is 24.3 Å². The van der Waals surface area contributed by atoms with Gasteiger partial charge in [-0.15, -0.1) is 0 Å². The summed E-state index contributed by atoms with van der Waals surface area (Å²) in [6.45, 7) is 3.58. The van der Waals surface area contributed by atoms with E-state index in [2.05, 4.69) is 31.3 Å². The van der Waals surface area contributed by atoms with Gasteiger partial charge in [0.25, 0.3) is 0 Å². The van der Waals surface area contributed by atoms with Crippen LogP contribution in [0.25, 0.3) is 0 Å². The van der Waals surface area contributed by atoms with Gasteiger partial charge in [-0.2, -0.15) is 0 Å². The Balaban J connectivity index is 2.74. The van der Waals surface area contributed by atoms with E-state index in [4.69, 9.17) is 9.05 Å². The molecule has 0 radical (unpaired) electrons. The van der Waals surface area contributed by atoms with Crippen LogP contribution < -0.4 is 5.32 Å². The number of hydrogen-bond donors (Lipinski definition) is 9. The maximum Gasteiger partial charge on any atom is 0.472 e. The Morgan fingerprint density at radius 2 is 1.23 bits per heavy atom. The van der Waals surface area contributed by atoms with Crippen LogP contribution in [-0.2, 0) is 18.4 Å². The van der Waals surface area contributed by atoms with Crippen LogP contribution in [0, 0.1) is 0 Å². The summed E-state index contributed by atoms with van der Waals surface area (Å²) < 4.78 is 22.6. The Kier molecular flexibility index (Phi) is 24.0. The van der Waals surface area contributed by atoms with Crippen molar-refractivity contribution in [2.45, 2.75) is 178 Å². The van der Waals surface area contributed by atoms with E-state index in [-0.39, 0.29) is 6.42 Å². The number of unbranched alkanes of at least 4 members (excludes halogenated alkanes) is 12. The molecule has 1 amide bonds. The van der Waals surface area contributed by atoms with Crippen molar-refractivity contribution < 1.29 is 59.0 Å². The molecule has 1 saturated carbocycles. The van der Waals surface area contributed by atoms with Gasteiger partial charge in [-0.25, -0.2) is 4.57 Å². The average molecular weight is 710 g/mol. The lowest BCUT2D eigenvalue weighted by Gasteiger charge is -2.41. The molecular formula is C34H64NO12P. The van der Waals surface area contributed by atoms with E-state index >= 15 is 0 Å². The van der Waals surface area contributed by atoms with Gasteiger partial charge in [-0.3, -0.25) is 13.8 Å². The Labute approximate surface area is 286 Å². The monoisotopic (exact) mass is 709 g/mol. The number of hydrogen-bond acceptors (Lipinski definition) is 11. The van der Waals surface area contributed by atoms with E-state index in [9.17, 15) is 50.0 Å². The summed E-state index contributed by atoms with van der Waals surface area (Å²) in [5.74, 6) is -0.613. The molecule has 0 heterocycles. The van der Waals surface area contributed by atoms with Crippen molar-refractivity contribution in [3.63, 3.8) is 0 Å². The molecule has 0 saturated heterocycles. The molecule has 0 aromatic carbocycles. The second kappa shape index (κ2) is 25.7. The Hall–Kier alpha value is -1.22. The van der Waals surface area contributed by atoms with Gasteiger partial charge in [0.2, 0.25) is 5.91 Å². The Morgan fingerprint density at radius 1 is 0.729 bits per heavy atom. The van der Waals surface area contributed by atoms with Gasteiger partial charge >= 0.3 is 7.82 Å². The predicted molar refractivity (Wildman–Crippen MR) is 183 cm³/mol. The number of phosphoric ester groups is 1. The van der Waals surface area contributed by atoms with Crippen LogP contribution in [0.4, 0.5) is 0 Å². The molecule has 8 atom stereocenters. The highest BCUT2D eigenvalue weighted by Gasteiger charge is 2.51. The minimum Gasteiger partial charge on any atom is -0.393 e. The first-order chi connectivity index (χ1) is 22.8. The van der Waals surface area contributed by atoms with Crippen molar-refractivity contribution in [3.05, 3.63) is 24.3 Å². The van der Waals surface area contributed by atoms with Crippen LogP contribution in [0.3, 0.4) is 0 Å². The van der Waals surface area contributed by atoms with E-state index < -0.39 is 75.2 Å². The van der Waals surface area contributed by atoms with E-state index in [1.54, 1.807) is 6.08 Å². The molecule has 1 rings (SSSR count). The lowest BCUT2D eigenvalue weighted by Crippen LogP contribution is -2.64. The summed E-state index contributed by atoms with van der Waals surface area (Å²) in [4.78, 5) is 23.1. The SMILES string of the molecule is CCCC/C=C\CCCCC(O)CC(=O)NC(COP(=O)(O)OC1C(O)C(O)C(O)C(O)C1O)C(O)/C=C/CCCCCCCCCC. The number of phosphoric acid groups is 1. The van der Waals surface area contributed by atoms with Gasteiger partial charge in [-0.05, 0) is 38.5 Å². The molecule has 0 aliphatic heterocycles. The second-order valence-corrected chi connectivity index (χ2v) is 14.3. The van der Waals surface area contributed by atoms with Crippen LogP contribution in [-0.4, -0.2) is 108 Å². The number of carbonyl (C=O) groups is 1. The summed E-state index contributed by atoms with van der Waals surface area (Å²) in [5, 5.41) is 73.7. The molecule has 1 aliphatic rings. The first kappa shape index (κ1) is 44.8. The molecule has 9 N–H and O–H groups in total. The molecule has 1 fully saturated rings. The molecule has 13 nitrogen and oxygen atoms in total. The molecule has 48 heavy (non-hydrogen) atoms. The summed E-state index contributed by atoms with van der Waals surface area (Å²) in [5.41, 5.74) is 0. The molecule has 0 spiro atoms. The molecule has 1 aliphatic carbocycles. The smallest absolute Gasteiger partial charge is 0.393 e. The third-order valence-electron chi connectivity index (χ3n) is 8.53. The molecule has 14 heteroatoms. The molecule has 0 aromatic heterocycles. The van der Waals surface area contributed by atoms with Gasteiger partial charge < -0.3 is 46.0 Å². The van der Waals surface area contributed by atoms with Crippen molar-refractivity contribution in [1.29, 1.82) is 0 Å². The number of rotatable bonds is 27. The number of allylic oxidation sites excluding steroid dienone is 3. The zero-order chi connectivity index (χ0) is 36.0. The third kappa shape index (κ3) is 18.7. The number of aliphatic hydroxyl groups is 7. The minimum absolute atomic E-state index is 0.261. The van der Waals surface area contributed by atoms with Gasteiger partial charge in [0.1, 0.15) is 36.6 Å². The normalized spacial score (nSPS) is 26.5. The zero-order valence-electron chi connectivity index (χ0n) is 28.9. The summed E-state index contributed by atoms with van der Waals surface area (Å²) in [6.07, 6.45) is 8.98. The molecular weight excluding hydrogens is 645 g/mol. The number of amides is 1. The third-order valence-corrected chi connectivity index (χ3v) is 9.52. The first-order valence-corrected chi connectivity index (χ1v) is 19.4.